The molecule has 2 heterocycles. The number of carbonyl (C=O) groups is 1. The molecular formula is C34H31N3O2. The molecule has 3 aromatic carbocycles. The van der Waals surface area contributed by atoms with Crippen LogP contribution in [0.1, 0.15) is 61.3 Å². The van der Waals surface area contributed by atoms with E-state index < -0.39 is 0 Å². The Morgan fingerprint density at radius 3 is 2.74 bits per heavy atom. The van der Waals surface area contributed by atoms with E-state index in [1.54, 1.807) is 18.2 Å². The molecular weight excluding hydrogens is 482 g/mol. The number of aryl methyl sites for hydroxylation is 1. The van der Waals surface area contributed by atoms with Gasteiger partial charge in [-0.2, -0.15) is 0 Å². The lowest BCUT2D eigenvalue weighted by Gasteiger charge is -2.18. The molecule has 0 spiro atoms. The van der Waals surface area contributed by atoms with Gasteiger partial charge in [0.25, 0.3) is 5.91 Å². The summed E-state index contributed by atoms with van der Waals surface area (Å²) in [6, 6.07) is 22.2. The summed E-state index contributed by atoms with van der Waals surface area (Å²) in [5.41, 5.74) is 11.7. The van der Waals surface area contributed by atoms with Crippen molar-refractivity contribution in [1.29, 1.82) is 0 Å². The molecule has 3 aliphatic rings. The van der Waals surface area contributed by atoms with E-state index in [-0.39, 0.29) is 17.7 Å². The number of hydrogen-bond donors (Lipinski definition) is 3. The Morgan fingerprint density at radius 1 is 0.974 bits per heavy atom. The van der Waals surface area contributed by atoms with Crippen LogP contribution in [0, 0.1) is 0 Å². The SMILES string of the molecule is Cn1ccc(CC2C=Cc3cc(CNCC4=C([C@H]5NC(=O)c6ccc(O)cc65)c5ccccc5C4)ccc32)c1. The number of aromatic hydroxyl groups is 1. The van der Waals surface area contributed by atoms with Crippen molar-refractivity contribution in [2.75, 3.05) is 6.54 Å². The number of phenolic OH excluding ortho intramolecular Hbond substituents is 1. The highest BCUT2D eigenvalue weighted by Gasteiger charge is 2.36. The fraction of sp³-hybridized carbons (Fsp3) is 0.206. The molecule has 0 bridgehead atoms. The minimum Gasteiger partial charge on any atom is -0.508 e. The summed E-state index contributed by atoms with van der Waals surface area (Å²) in [7, 11) is 2.07. The monoisotopic (exact) mass is 513 g/mol. The number of fused-ring (bicyclic) bond motifs is 3. The maximum atomic E-state index is 12.7. The highest BCUT2D eigenvalue weighted by atomic mass is 16.3. The second kappa shape index (κ2) is 9.44. The van der Waals surface area contributed by atoms with Crippen LogP contribution in [-0.4, -0.2) is 22.1 Å². The summed E-state index contributed by atoms with van der Waals surface area (Å²) >= 11 is 0. The van der Waals surface area contributed by atoms with E-state index in [1.807, 2.05) is 0 Å². The number of rotatable bonds is 7. The minimum absolute atomic E-state index is 0.0871. The van der Waals surface area contributed by atoms with Crippen LogP contribution in [0.5, 0.6) is 5.75 Å². The van der Waals surface area contributed by atoms with Crippen LogP contribution in [0.15, 0.2) is 90.8 Å². The predicted octanol–water partition coefficient (Wildman–Crippen LogP) is 5.67. The summed E-state index contributed by atoms with van der Waals surface area (Å²) in [6.07, 6.45) is 10.8. The van der Waals surface area contributed by atoms with Gasteiger partial charge >= 0.3 is 0 Å². The Morgan fingerprint density at radius 2 is 1.87 bits per heavy atom. The van der Waals surface area contributed by atoms with Crippen LogP contribution in [0.2, 0.25) is 0 Å². The number of aromatic nitrogens is 1. The van der Waals surface area contributed by atoms with Crippen molar-refractivity contribution in [2.24, 2.45) is 7.05 Å². The highest BCUT2D eigenvalue weighted by Crippen LogP contribution is 2.44. The number of carbonyl (C=O) groups excluding carboxylic acids is 1. The normalized spacial score (nSPS) is 18.8. The van der Waals surface area contributed by atoms with Gasteiger partial charge in [0, 0.05) is 44.0 Å². The molecule has 0 saturated heterocycles. The Balaban J connectivity index is 1.09. The molecule has 1 unspecified atom stereocenters. The summed E-state index contributed by atoms with van der Waals surface area (Å²) in [5.74, 6) is 0.521. The molecule has 2 aliphatic carbocycles. The van der Waals surface area contributed by atoms with Gasteiger partial charge < -0.3 is 20.3 Å². The van der Waals surface area contributed by atoms with Gasteiger partial charge in [-0.1, -0.05) is 54.6 Å². The largest absolute Gasteiger partial charge is 0.508 e. The predicted molar refractivity (Wildman–Crippen MR) is 154 cm³/mol. The van der Waals surface area contributed by atoms with Gasteiger partial charge in [0.15, 0.2) is 0 Å². The molecule has 0 fully saturated rings. The van der Waals surface area contributed by atoms with Gasteiger partial charge in [0.1, 0.15) is 5.75 Å². The standard InChI is InChI=1S/C34H31N3O2/c1-37-13-12-22(20-37)15-25-8-7-24-14-21(6-10-28(24)25)18-35-19-26-16-23-4-2-3-5-29(23)32(26)33-31-17-27(38)9-11-30(31)34(39)36-33/h2-14,17,20,25,33,35,38H,15-16,18-19H2,1H3,(H,36,39)/t25?,33-/m0/s1. The zero-order valence-corrected chi connectivity index (χ0v) is 21.9. The number of hydrogen-bond acceptors (Lipinski definition) is 3. The Labute approximate surface area is 228 Å². The molecule has 7 rings (SSSR count). The van der Waals surface area contributed by atoms with E-state index in [2.05, 4.69) is 95.3 Å². The second-order valence-corrected chi connectivity index (χ2v) is 11.0. The van der Waals surface area contributed by atoms with Crippen molar-refractivity contribution in [3.8, 4) is 5.75 Å². The van der Waals surface area contributed by atoms with Gasteiger partial charge in [-0.05, 0) is 87.2 Å². The maximum Gasteiger partial charge on any atom is 0.252 e. The zero-order chi connectivity index (χ0) is 26.5. The molecule has 1 aromatic heterocycles. The van der Waals surface area contributed by atoms with Crippen molar-refractivity contribution < 1.29 is 9.90 Å². The first-order valence-electron chi connectivity index (χ1n) is 13.6. The fourth-order valence-electron chi connectivity index (χ4n) is 6.49. The van der Waals surface area contributed by atoms with Crippen molar-refractivity contribution >= 4 is 17.6 Å². The molecule has 3 N–H and O–H groups in total. The highest BCUT2D eigenvalue weighted by molar-refractivity contribution is 6.02. The average Bonchev–Trinajstić information content (AvgIpc) is 3.69. The smallest absolute Gasteiger partial charge is 0.252 e. The zero-order valence-electron chi connectivity index (χ0n) is 21.9. The Kier molecular flexibility index (Phi) is 5.75. The Hall–Kier alpha value is -4.35. The molecule has 194 valence electrons. The molecule has 1 aliphatic heterocycles. The fourth-order valence-corrected chi connectivity index (χ4v) is 6.49. The number of amides is 1. The maximum absolute atomic E-state index is 12.7. The van der Waals surface area contributed by atoms with Crippen LogP contribution >= 0.6 is 0 Å². The van der Waals surface area contributed by atoms with Gasteiger partial charge in [-0.15, -0.1) is 0 Å². The van der Waals surface area contributed by atoms with Crippen molar-refractivity contribution in [3.05, 3.63) is 135 Å². The first-order valence-corrected chi connectivity index (χ1v) is 13.6. The number of nitrogens with zero attached hydrogens (tertiary/aromatic N) is 1. The lowest BCUT2D eigenvalue weighted by molar-refractivity contribution is 0.0962. The van der Waals surface area contributed by atoms with Gasteiger partial charge in [0.05, 0.1) is 6.04 Å². The van der Waals surface area contributed by atoms with Crippen molar-refractivity contribution in [2.45, 2.75) is 31.3 Å². The van der Waals surface area contributed by atoms with E-state index in [4.69, 9.17) is 0 Å². The lowest BCUT2D eigenvalue weighted by Crippen LogP contribution is -2.22. The first-order chi connectivity index (χ1) is 19.0. The average molecular weight is 514 g/mol. The molecule has 5 heteroatoms. The minimum atomic E-state index is -0.258. The van der Waals surface area contributed by atoms with Gasteiger partial charge in [0.2, 0.25) is 0 Å². The van der Waals surface area contributed by atoms with Gasteiger partial charge in [-0.3, -0.25) is 4.79 Å². The third-order valence-corrected chi connectivity index (χ3v) is 8.32. The Bertz CT molecular complexity index is 1680. The molecule has 5 nitrogen and oxygen atoms in total. The summed E-state index contributed by atoms with van der Waals surface area (Å²) in [6.45, 7) is 1.50. The molecule has 4 aromatic rings. The third kappa shape index (κ3) is 4.29. The third-order valence-electron chi connectivity index (χ3n) is 8.32. The quantitative estimate of drug-likeness (QED) is 0.298. The summed E-state index contributed by atoms with van der Waals surface area (Å²) < 4.78 is 2.11. The van der Waals surface area contributed by atoms with E-state index in [9.17, 15) is 9.90 Å². The molecule has 2 atom stereocenters. The first kappa shape index (κ1) is 23.7. The number of nitrogens with one attached hydrogen (secondary N) is 2. The lowest BCUT2D eigenvalue weighted by atomic mass is 9.92. The number of benzene rings is 3. The molecule has 1 amide bonds. The summed E-state index contributed by atoms with van der Waals surface area (Å²) in [4.78, 5) is 12.7. The van der Waals surface area contributed by atoms with Crippen LogP contribution in [0.25, 0.3) is 11.6 Å². The summed E-state index contributed by atoms with van der Waals surface area (Å²) in [5, 5.41) is 17.0. The van der Waals surface area contributed by atoms with Crippen LogP contribution < -0.4 is 10.6 Å². The second-order valence-electron chi connectivity index (χ2n) is 11.0. The van der Waals surface area contributed by atoms with Crippen molar-refractivity contribution in [3.63, 3.8) is 0 Å². The van der Waals surface area contributed by atoms with Crippen LogP contribution in [0.4, 0.5) is 0 Å². The molecule has 0 radical (unpaired) electrons. The van der Waals surface area contributed by atoms with Crippen LogP contribution in [0.3, 0.4) is 0 Å². The van der Waals surface area contributed by atoms with Crippen molar-refractivity contribution in [1.82, 2.24) is 15.2 Å². The molecule has 0 saturated carbocycles. The van der Waals surface area contributed by atoms with Crippen LogP contribution in [-0.2, 0) is 26.4 Å². The topological polar surface area (TPSA) is 66.3 Å². The van der Waals surface area contributed by atoms with E-state index in [0.29, 0.717) is 11.5 Å². The van der Waals surface area contributed by atoms with E-state index >= 15 is 0 Å². The van der Waals surface area contributed by atoms with Gasteiger partial charge in [-0.25, -0.2) is 0 Å². The van der Waals surface area contributed by atoms with E-state index in [1.165, 1.54) is 39.0 Å². The number of allylic oxidation sites excluding steroid dienone is 1. The number of phenols is 1. The molecule has 39 heavy (non-hydrogen) atoms. The van der Waals surface area contributed by atoms with E-state index in [0.717, 1.165) is 37.1 Å².